The van der Waals surface area contributed by atoms with Crippen LogP contribution in [-0.2, 0) is 13.6 Å². The van der Waals surface area contributed by atoms with Gasteiger partial charge in [-0.2, -0.15) is 5.10 Å². The van der Waals surface area contributed by atoms with E-state index in [2.05, 4.69) is 25.7 Å². The molecular weight excluding hydrogens is 481 g/mol. The maximum absolute atomic E-state index is 14.8. The Balaban J connectivity index is 1.28. The van der Waals surface area contributed by atoms with Crippen molar-refractivity contribution in [2.45, 2.75) is 44.6 Å². The number of nitrogens with zero attached hydrogens (tertiary/aromatic N) is 5. The number of pyridine rings is 1. The molecule has 2 aliphatic rings. The SMILES string of the molecule is CCn1cc(Nc2nc(-c3nc(NC(=O)c4cc5c(s4)C4CCC5C4)ccc3F)cn(C)c2=O)cn1. The van der Waals surface area contributed by atoms with Crippen LogP contribution in [0.4, 0.5) is 21.7 Å². The first-order valence-electron chi connectivity index (χ1n) is 11.9. The average Bonchev–Trinajstić information content (AvgIpc) is 3.65. The Kier molecular flexibility index (Phi) is 5.44. The summed E-state index contributed by atoms with van der Waals surface area (Å²) in [5.41, 5.74) is 1.61. The normalized spacial score (nSPS) is 17.9. The first-order valence-corrected chi connectivity index (χ1v) is 12.7. The van der Waals surface area contributed by atoms with Gasteiger partial charge in [0.1, 0.15) is 17.2 Å². The van der Waals surface area contributed by atoms with E-state index in [9.17, 15) is 14.0 Å². The fourth-order valence-corrected chi connectivity index (χ4v) is 6.37. The number of hydrogen-bond acceptors (Lipinski definition) is 7. The Morgan fingerprint density at radius 2 is 2.06 bits per heavy atom. The smallest absolute Gasteiger partial charge is 0.293 e. The number of amides is 1. The van der Waals surface area contributed by atoms with E-state index in [1.165, 1.54) is 52.6 Å². The topological polar surface area (TPSA) is 107 Å². The van der Waals surface area contributed by atoms with E-state index >= 15 is 0 Å². The molecule has 4 aromatic rings. The zero-order chi connectivity index (χ0) is 25.0. The number of carbonyl (C=O) groups excluding carboxylic acids is 1. The molecule has 1 saturated carbocycles. The molecule has 9 nitrogen and oxygen atoms in total. The molecule has 2 aliphatic carbocycles. The summed E-state index contributed by atoms with van der Waals surface area (Å²) in [7, 11) is 1.56. The third-order valence-electron chi connectivity index (χ3n) is 6.88. The Morgan fingerprint density at radius 3 is 2.83 bits per heavy atom. The lowest BCUT2D eigenvalue weighted by Crippen LogP contribution is -2.21. The number of hydrogen-bond donors (Lipinski definition) is 2. The van der Waals surface area contributed by atoms with Crippen molar-refractivity contribution in [2.75, 3.05) is 10.6 Å². The lowest BCUT2D eigenvalue weighted by atomic mass is 9.99. The van der Waals surface area contributed by atoms with Gasteiger partial charge in [0.15, 0.2) is 11.6 Å². The molecule has 4 heterocycles. The molecule has 2 atom stereocenters. The lowest BCUT2D eigenvalue weighted by Gasteiger charge is -2.10. The summed E-state index contributed by atoms with van der Waals surface area (Å²) in [5, 5.41) is 9.92. The van der Waals surface area contributed by atoms with Crippen molar-refractivity contribution in [2.24, 2.45) is 7.05 Å². The Labute approximate surface area is 210 Å². The summed E-state index contributed by atoms with van der Waals surface area (Å²) in [6.45, 7) is 2.63. The Bertz CT molecular complexity index is 1530. The van der Waals surface area contributed by atoms with Crippen LogP contribution in [0.1, 0.15) is 58.1 Å². The summed E-state index contributed by atoms with van der Waals surface area (Å²) in [6.07, 6.45) is 8.35. The summed E-state index contributed by atoms with van der Waals surface area (Å²) in [6, 6.07) is 4.65. The van der Waals surface area contributed by atoms with Gasteiger partial charge in [0.05, 0.1) is 16.8 Å². The van der Waals surface area contributed by atoms with Crippen LogP contribution in [-0.4, -0.2) is 30.2 Å². The number of anilines is 3. The minimum absolute atomic E-state index is 0.0176. The van der Waals surface area contributed by atoms with E-state index in [1.54, 1.807) is 35.5 Å². The highest BCUT2D eigenvalue weighted by Crippen LogP contribution is 2.55. The van der Waals surface area contributed by atoms with E-state index in [0.717, 1.165) is 0 Å². The van der Waals surface area contributed by atoms with Crippen LogP contribution in [0.5, 0.6) is 0 Å². The van der Waals surface area contributed by atoms with Crippen LogP contribution in [0, 0.1) is 5.82 Å². The minimum atomic E-state index is -0.615. The first kappa shape index (κ1) is 22.6. The minimum Gasteiger partial charge on any atom is -0.333 e. The molecule has 2 N–H and O–H groups in total. The van der Waals surface area contributed by atoms with Crippen LogP contribution in [0.25, 0.3) is 11.4 Å². The van der Waals surface area contributed by atoms with Crippen LogP contribution in [0.2, 0.25) is 0 Å². The highest BCUT2D eigenvalue weighted by molar-refractivity contribution is 7.14. The molecule has 0 radical (unpaired) electrons. The van der Waals surface area contributed by atoms with Gasteiger partial charge in [-0.05, 0) is 61.8 Å². The second-order valence-corrected chi connectivity index (χ2v) is 10.3. The van der Waals surface area contributed by atoms with Crippen molar-refractivity contribution in [3.05, 3.63) is 68.3 Å². The molecule has 2 unspecified atom stereocenters. The van der Waals surface area contributed by atoms with Crippen molar-refractivity contribution in [3.63, 3.8) is 0 Å². The standard InChI is InChI=1S/C25H24FN7O2S/c1-3-33-11-15(10-27-33)28-23-25(35)32(2)12-18(29-23)21-17(26)6-7-20(30-21)31-24(34)19-9-16-13-4-5-14(8-13)22(16)36-19/h6-7,9-14H,3-5,8H2,1-2H3,(H,28,29)(H,30,31,34). The molecule has 184 valence electrons. The molecule has 6 rings (SSSR count). The fraction of sp³-hybridized carbons (Fsp3) is 0.320. The van der Waals surface area contributed by atoms with Gasteiger partial charge in [0.25, 0.3) is 11.5 Å². The van der Waals surface area contributed by atoms with Gasteiger partial charge in [-0.25, -0.2) is 14.4 Å². The van der Waals surface area contributed by atoms with E-state index in [1.807, 2.05) is 13.0 Å². The van der Waals surface area contributed by atoms with Crippen molar-refractivity contribution in [1.29, 1.82) is 0 Å². The number of carbonyl (C=O) groups is 1. The number of halogens is 1. The number of fused-ring (bicyclic) bond motifs is 5. The maximum atomic E-state index is 14.8. The number of aromatic nitrogens is 5. The molecular formula is C25H24FN7O2S. The Morgan fingerprint density at radius 1 is 1.22 bits per heavy atom. The van der Waals surface area contributed by atoms with Crippen LogP contribution < -0.4 is 16.2 Å². The molecule has 11 heteroatoms. The number of aryl methyl sites for hydroxylation is 2. The second-order valence-electron chi connectivity index (χ2n) is 9.22. The van der Waals surface area contributed by atoms with Gasteiger partial charge in [-0.1, -0.05) is 0 Å². The molecule has 1 amide bonds. The van der Waals surface area contributed by atoms with Gasteiger partial charge in [-0.3, -0.25) is 14.3 Å². The third-order valence-corrected chi connectivity index (χ3v) is 8.19. The number of nitrogens with one attached hydrogen (secondary N) is 2. The molecule has 0 saturated heterocycles. The lowest BCUT2D eigenvalue weighted by molar-refractivity contribution is 0.103. The third kappa shape index (κ3) is 3.89. The van der Waals surface area contributed by atoms with Gasteiger partial charge in [0, 0.05) is 30.9 Å². The predicted molar refractivity (Wildman–Crippen MR) is 135 cm³/mol. The highest BCUT2D eigenvalue weighted by Gasteiger charge is 2.39. The van der Waals surface area contributed by atoms with Crippen molar-refractivity contribution >= 4 is 34.6 Å². The second kappa shape index (κ2) is 8.66. The summed E-state index contributed by atoms with van der Waals surface area (Å²) in [4.78, 5) is 36.2. The highest BCUT2D eigenvalue weighted by atomic mass is 32.1. The zero-order valence-electron chi connectivity index (χ0n) is 19.8. The number of thiophene rings is 1. The van der Waals surface area contributed by atoms with Gasteiger partial charge < -0.3 is 15.2 Å². The molecule has 4 aromatic heterocycles. The van der Waals surface area contributed by atoms with Crippen molar-refractivity contribution in [1.82, 2.24) is 24.3 Å². The summed E-state index contributed by atoms with van der Waals surface area (Å²) >= 11 is 1.55. The monoisotopic (exact) mass is 505 g/mol. The summed E-state index contributed by atoms with van der Waals surface area (Å²) < 4.78 is 17.8. The Hall–Kier alpha value is -3.86. The zero-order valence-corrected chi connectivity index (χ0v) is 20.6. The molecule has 36 heavy (non-hydrogen) atoms. The average molecular weight is 506 g/mol. The molecule has 0 spiro atoms. The first-order chi connectivity index (χ1) is 17.4. The molecule has 0 aliphatic heterocycles. The quantitative estimate of drug-likeness (QED) is 0.396. The predicted octanol–water partition coefficient (Wildman–Crippen LogP) is 4.62. The van der Waals surface area contributed by atoms with Crippen molar-refractivity contribution in [3.8, 4) is 11.4 Å². The van der Waals surface area contributed by atoms with Gasteiger partial charge >= 0.3 is 0 Å². The van der Waals surface area contributed by atoms with E-state index < -0.39 is 5.82 Å². The van der Waals surface area contributed by atoms with Crippen LogP contribution in [0.15, 0.2) is 41.6 Å². The van der Waals surface area contributed by atoms with Crippen LogP contribution in [0.3, 0.4) is 0 Å². The van der Waals surface area contributed by atoms with Crippen LogP contribution >= 0.6 is 11.3 Å². The van der Waals surface area contributed by atoms with E-state index in [-0.39, 0.29) is 34.5 Å². The maximum Gasteiger partial charge on any atom is 0.293 e. The molecule has 2 bridgehead atoms. The van der Waals surface area contributed by atoms with E-state index in [0.29, 0.717) is 28.9 Å². The van der Waals surface area contributed by atoms with E-state index in [4.69, 9.17) is 0 Å². The summed E-state index contributed by atoms with van der Waals surface area (Å²) in [5.74, 6) is 0.514. The fourth-order valence-electron chi connectivity index (χ4n) is 5.08. The largest absolute Gasteiger partial charge is 0.333 e. The molecule has 0 aromatic carbocycles. The molecule has 1 fully saturated rings. The van der Waals surface area contributed by atoms with Crippen molar-refractivity contribution < 1.29 is 9.18 Å². The number of rotatable bonds is 6. The van der Waals surface area contributed by atoms with Gasteiger partial charge in [-0.15, -0.1) is 11.3 Å². The van der Waals surface area contributed by atoms with Gasteiger partial charge in [0.2, 0.25) is 0 Å².